The Morgan fingerprint density at radius 1 is 1.50 bits per heavy atom. The number of hydrogen-bond acceptors (Lipinski definition) is 3. The molecule has 0 spiro atoms. The van der Waals surface area contributed by atoms with E-state index in [1.807, 2.05) is 26.4 Å². The Morgan fingerprint density at radius 3 is 2.95 bits per heavy atom. The Balaban J connectivity index is 1.81. The van der Waals surface area contributed by atoms with E-state index in [0.717, 1.165) is 12.0 Å². The minimum absolute atomic E-state index is 0.0136. The maximum absolute atomic E-state index is 12.2. The molecule has 4 heteroatoms. The van der Waals surface area contributed by atoms with E-state index in [4.69, 9.17) is 4.74 Å². The standard InChI is InChI=1S/C16H20N2O2/c1-3-20-16(19)15-13(11-7-5-4-6-8-11)14(15)12-9-17-18(2)10-12/h4-7,9-11,13-15H,3,8H2,1-2H3/t11?,13-,14-,15-/m1/s1. The maximum atomic E-state index is 12.2. The van der Waals surface area contributed by atoms with Crippen LogP contribution in [0, 0.1) is 17.8 Å². The summed E-state index contributed by atoms with van der Waals surface area (Å²) in [5.41, 5.74) is 1.15. The third-order valence-corrected chi connectivity index (χ3v) is 4.25. The monoisotopic (exact) mass is 272 g/mol. The van der Waals surface area contributed by atoms with Crippen LogP contribution in [0.4, 0.5) is 0 Å². The first-order chi connectivity index (χ1) is 9.72. The molecule has 1 unspecified atom stereocenters. The van der Waals surface area contributed by atoms with Gasteiger partial charge in [-0.15, -0.1) is 0 Å². The van der Waals surface area contributed by atoms with Gasteiger partial charge in [-0.3, -0.25) is 9.48 Å². The summed E-state index contributed by atoms with van der Waals surface area (Å²) in [6, 6.07) is 0. The van der Waals surface area contributed by atoms with Crippen molar-refractivity contribution in [1.29, 1.82) is 0 Å². The van der Waals surface area contributed by atoms with E-state index >= 15 is 0 Å². The van der Waals surface area contributed by atoms with Crippen molar-refractivity contribution in [3.05, 3.63) is 42.3 Å². The van der Waals surface area contributed by atoms with Gasteiger partial charge in [-0.25, -0.2) is 0 Å². The quantitative estimate of drug-likeness (QED) is 0.791. The van der Waals surface area contributed by atoms with Crippen LogP contribution in [-0.2, 0) is 16.6 Å². The Morgan fingerprint density at radius 2 is 2.35 bits per heavy atom. The van der Waals surface area contributed by atoms with Crippen LogP contribution in [0.2, 0.25) is 0 Å². The lowest BCUT2D eigenvalue weighted by Gasteiger charge is -2.12. The number of nitrogens with zero attached hydrogens (tertiary/aromatic N) is 2. The van der Waals surface area contributed by atoms with Crippen molar-refractivity contribution in [3.8, 4) is 0 Å². The lowest BCUT2D eigenvalue weighted by atomic mass is 9.93. The summed E-state index contributed by atoms with van der Waals surface area (Å²) in [4.78, 5) is 12.2. The van der Waals surface area contributed by atoms with E-state index in [9.17, 15) is 4.79 Å². The van der Waals surface area contributed by atoms with Crippen LogP contribution < -0.4 is 0 Å². The summed E-state index contributed by atoms with van der Waals surface area (Å²) >= 11 is 0. The van der Waals surface area contributed by atoms with E-state index < -0.39 is 0 Å². The number of aromatic nitrogens is 2. The molecule has 2 aliphatic rings. The van der Waals surface area contributed by atoms with Gasteiger partial charge < -0.3 is 4.74 Å². The first-order valence-electron chi connectivity index (χ1n) is 7.21. The fraction of sp³-hybridized carbons (Fsp3) is 0.500. The van der Waals surface area contributed by atoms with Gasteiger partial charge >= 0.3 is 5.97 Å². The van der Waals surface area contributed by atoms with Crippen molar-refractivity contribution in [2.75, 3.05) is 6.61 Å². The molecule has 0 N–H and O–H groups in total. The smallest absolute Gasteiger partial charge is 0.309 e. The van der Waals surface area contributed by atoms with E-state index in [0.29, 0.717) is 18.4 Å². The molecule has 1 heterocycles. The van der Waals surface area contributed by atoms with E-state index in [1.54, 1.807) is 4.68 Å². The zero-order valence-corrected chi connectivity index (χ0v) is 11.9. The number of carbonyl (C=O) groups excluding carboxylic acids is 1. The summed E-state index contributed by atoms with van der Waals surface area (Å²) in [7, 11) is 1.91. The number of carbonyl (C=O) groups is 1. The Labute approximate surface area is 119 Å². The SMILES string of the molecule is CCOC(=O)[C@H]1[C@H](c2cnn(C)c2)[C@H]1C1C=CC=CC1. The molecule has 1 saturated carbocycles. The van der Waals surface area contributed by atoms with Crippen molar-refractivity contribution in [1.82, 2.24) is 9.78 Å². The summed E-state index contributed by atoms with van der Waals surface area (Å²) in [6.45, 7) is 2.31. The Hall–Kier alpha value is -1.84. The molecule has 0 aliphatic heterocycles. The lowest BCUT2D eigenvalue weighted by molar-refractivity contribution is -0.145. The molecule has 0 radical (unpaired) electrons. The normalized spacial score (nSPS) is 31.3. The summed E-state index contributed by atoms with van der Waals surface area (Å²) in [5.74, 6) is 0.956. The first kappa shape index (κ1) is 13.2. The van der Waals surface area contributed by atoms with Gasteiger partial charge in [-0.2, -0.15) is 5.10 Å². The van der Waals surface area contributed by atoms with Crippen LogP contribution in [0.25, 0.3) is 0 Å². The molecule has 1 aromatic rings. The number of allylic oxidation sites excluding steroid dienone is 4. The van der Waals surface area contributed by atoms with E-state index in [-0.39, 0.29) is 17.8 Å². The van der Waals surface area contributed by atoms with Gasteiger partial charge in [0.25, 0.3) is 0 Å². The fourth-order valence-corrected chi connectivity index (χ4v) is 3.34. The summed E-state index contributed by atoms with van der Waals surface area (Å²) in [6.07, 6.45) is 13.4. The molecule has 20 heavy (non-hydrogen) atoms. The highest BCUT2D eigenvalue weighted by Crippen LogP contribution is 2.59. The van der Waals surface area contributed by atoms with Crippen LogP contribution >= 0.6 is 0 Å². The van der Waals surface area contributed by atoms with Crippen LogP contribution in [0.5, 0.6) is 0 Å². The van der Waals surface area contributed by atoms with Crippen LogP contribution in [0.3, 0.4) is 0 Å². The van der Waals surface area contributed by atoms with Crippen molar-refractivity contribution in [3.63, 3.8) is 0 Å². The van der Waals surface area contributed by atoms with Gasteiger partial charge in [-0.1, -0.05) is 24.3 Å². The highest BCUT2D eigenvalue weighted by molar-refractivity contribution is 5.78. The number of ether oxygens (including phenoxy) is 1. The molecule has 0 amide bonds. The molecular formula is C16H20N2O2. The number of aryl methyl sites for hydroxylation is 1. The molecule has 1 fully saturated rings. The van der Waals surface area contributed by atoms with Crippen molar-refractivity contribution >= 4 is 5.97 Å². The molecule has 2 aliphatic carbocycles. The van der Waals surface area contributed by atoms with Crippen molar-refractivity contribution in [2.24, 2.45) is 24.8 Å². The zero-order chi connectivity index (χ0) is 14.1. The zero-order valence-electron chi connectivity index (χ0n) is 11.9. The largest absolute Gasteiger partial charge is 0.466 e. The average Bonchev–Trinajstić information content (AvgIpc) is 3.07. The first-order valence-corrected chi connectivity index (χ1v) is 7.21. The second kappa shape index (κ2) is 5.27. The van der Waals surface area contributed by atoms with E-state index in [1.165, 1.54) is 0 Å². The topological polar surface area (TPSA) is 44.1 Å². The minimum Gasteiger partial charge on any atom is -0.466 e. The van der Waals surface area contributed by atoms with Gasteiger partial charge in [0, 0.05) is 19.2 Å². The third-order valence-electron chi connectivity index (χ3n) is 4.25. The Kier molecular flexibility index (Phi) is 3.47. The number of esters is 1. The summed E-state index contributed by atoms with van der Waals surface area (Å²) < 4.78 is 7.03. The number of rotatable bonds is 4. The third kappa shape index (κ3) is 2.30. The van der Waals surface area contributed by atoms with E-state index in [2.05, 4.69) is 29.4 Å². The minimum atomic E-state index is -0.0608. The second-order valence-corrected chi connectivity index (χ2v) is 5.54. The molecular weight excluding hydrogens is 252 g/mol. The molecule has 0 aromatic carbocycles. The van der Waals surface area contributed by atoms with Gasteiger partial charge in [0.05, 0.1) is 18.7 Å². The second-order valence-electron chi connectivity index (χ2n) is 5.54. The molecule has 106 valence electrons. The van der Waals surface area contributed by atoms with Gasteiger partial charge in [0.1, 0.15) is 0 Å². The fourth-order valence-electron chi connectivity index (χ4n) is 3.34. The highest BCUT2D eigenvalue weighted by Gasteiger charge is 2.59. The van der Waals surface area contributed by atoms with Crippen molar-refractivity contribution in [2.45, 2.75) is 19.3 Å². The molecule has 4 nitrogen and oxygen atoms in total. The molecule has 3 rings (SSSR count). The predicted molar refractivity (Wildman–Crippen MR) is 75.9 cm³/mol. The molecule has 0 saturated heterocycles. The lowest BCUT2D eigenvalue weighted by Crippen LogP contribution is -2.11. The van der Waals surface area contributed by atoms with Gasteiger partial charge in [-0.05, 0) is 30.7 Å². The Bertz CT molecular complexity index is 559. The van der Waals surface area contributed by atoms with Crippen LogP contribution in [0.15, 0.2) is 36.7 Å². The van der Waals surface area contributed by atoms with Gasteiger partial charge in [0.2, 0.25) is 0 Å². The number of hydrogen-bond donors (Lipinski definition) is 0. The molecule has 4 atom stereocenters. The van der Waals surface area contributed by atoms with Crippen molar-refractivity contribution < 1.29 is 9.53 Å². The predicted octanol–water partition coefficient (Wildman–Crippen LogP) is 2.45. The molecule has 0 bridgehead atoms. The van der Waals surface area contributed by atoms with Crippen LogP contribution in [-0.4, -0.2) is 22.4 Å². The molecule has 1 aromatic heterocycles. The maximum Gasteiger partial charge on any atom is 0.309 e. The van der Waals surface area contributed by atoms with Crippen LogP contribution in [0.1, 0.15) is 24.8 Å². The summed E-state index contributed by atoms with van der Waals surface area (Å²) in [5, 5.41) is 4.23. The highest BCUT2D eigenvalue weighted by atomic mass is 16.5. The average molecular weight is 272 g/mol. The van der Waals surface area contributed by atoms with Gasteiger partial charge in [0.15, 0.2) is 0 Å².